The number of hydrogen-bond donors (Lipinski definition) is 3. The van der Waals surface area contributed by atoms with Crippen molar-refractivity contribution in [1.29, 1.82) is 0 Å². The highest BCUT2D eigenvalue weighted by Gasteiger charge is 2.35. The van der Waals surface area contributed by atoms with E-state index >= 15 is 0 Å². The van der Waals surface area contributed by atoms with E-state index in [2.05, 4.69) is 17.1 Å². The third-order valence-corrected chi connectivity index (χ3v) is 5.60. The first-order valence-electron chi connectivity index (χ1n) is 9.66. The Morgan fingerprint density at radius 3 is 2.44 bits per heavy atom. The number of halogens is 1. The maximum absolute atomic E-state index is 13.5. The molecule has 0 bridgehead atoms. The SMILES string of the molecule is CC1(N2CCC(Nc3cccc(F)c3N)CC2)CCCCC1.CCO. The van der Waals surface area contributed by atoms with Crippen LogP contribution in [-0.4, -0.2) is 41.3 Å². The number of nitrogens with zero attached hydrogens (tertiary/aromatic N) is 1. The number of hydrogen-bond acceptors (Lipinski definition) is 4. The second-order valence-corrected chi connectivity index (χ2v) is 7.48. The molecular weight excluding hydrogens is 317 g/mol. The molecule has 0 aromatic heterocycles. The molecule has 0 amide bonds. The van der Waals surface area contributed by atoms with Crippen LogP contribution in [0, 0.1) is 5.82 Å². The number of nitrogens with one attached hydrogen (secondary N) is 1. The van der Waals surface area contributed by atoms with Crippen molar-refractivity contribution in [2.24, 2.45) is 0 Å². The van der Waals surface area contributed by atoms with E-state index in [1.807, 2.05) is 6.07 Å². The first-order chi connectivity index (χ1) is 12.0. The van der Waals surface area contributed by atoms with Crippen molar-refractivity contribution >= 4 is 11.4 Å². The van der Waals surface area contributed by atoms with Gasteiger partial charge in [-0.2, -0.15) is 0 Å². The number of nitrogens with two attached hydrogens (primary N) is 1. The summed E-state index contributed by atoms with van der Waals surface area (Å²) in [5.74, 6) is -0.336. The zero-order valence-corrected chi connectivity index (χ0v) is 15.7. The van der Waals surface area contributed by atoms with Crippen molar-refractivity contribution < 1.29 is 9.50 Å². The van der Waals surface area contributed by atoms with Crippen LogP contribution in [0.2, 0.25) is 0 Å². The van der Waals surface area contributed by atoms with Crippen molar-refractivity contribution in [3.05, 3.63) is 24.0 Å². The number of rotatable bonds is 3. The van der Waals surface area contributed by atoms with Crippen LogP contribution in [0.5, 0.6) is 0 Å². The van der Waals surface area contributed by atoms with Gasteiger partial charge in [-0.15, -0.1) is 0 Å². The fraction of sp³-hybridized carbons (Fsp3) is 0.700. The van der Waals surface area contributed by atoms with Gasteiger partial charge in [0.05, 0.1) is 11.4 Å². The first-order valence-corrected chi connectivity index (χ1v) is 9.66. The lowest BCUT2D eigenvalue weighted by molar-refractivity contribution is 0.0458. The van der Waals surface area contributed by atoms with E-state index < -0.39 is 0 Å². The summed E-state index contributed by atoms with van der Waals surface area (Å²) < 4.78 is 13.5. The molecule has 0 unspecified atom stereocenters. The Hall–Kier alpha value is -1.33. The van der Waals surface area contributed by atoms with Crippen molar-refractivity contribution in [3.63, 3.8) is 0 Å². The zero-order chi connectivity index (χ0) is 18.3. The molecule has 1 saturated carbocycles. The number of para-hydroxylation sites is 1. The summed E-state index contributed by atoms with van der Waals surface area (Å²) in [7, 11) is 0. The molecule has 25 heavy (non-hydrogen) atoms. The summed E-state index contributed by atoms with van der Waals surface area (Å²) in [5.41, 5.74) is 7.20. The van der Waals surface area contributed by atoms with Crippen LogP contribution >= 0.6 is 0 Å². The average molecular weight is 352 g/mol. The number of nitrogen functional groups attached to an aromatic ring is 1. The minimum absolute atomic E-state index is 0.240. The molecule has 2 fully saturated rings. The molecule has 1 heterocycles. The normalized spacial score (nSPS) is 21.3. The monoisotopic (exact) mass is 351 g/mol. The minimum Gasteiger partial charge on any atom is -0.397 e. The molecule has 1 aliphatic heterocycles. The minimum atomic E-state index is -0.336. The summed E-state index contributed by atoms with van der Waals surface area (Å²) in [6.07, 6.45) is 9.01. The third kappa shape index (κ3) is 5.32. The third-order valence-electron chi connectivity index (χ3n) is 5.60. The number of likely N-dealkylation sites (tertiary alicyclic amines) is 1. The van der Waals surface area contributed by atoms with E-state index in [0.29, 0.717) is 11.6 Å². The lowest BCUT2D eigenvalue weighted by Crippen LogP contribution is -2.52. The lowest BCUT2D eigenvalue weighted by atomic mass is 9.80. The Kier molecular flexibility index (Phi) is 7.51. The van der Waals surface area contributed by atoms with Crippen LogP contribution in [-0.2, 0) is 0 Å². The molecule has 1 aliphatic carbocycles. The predicted octanol–water partition coefficient (Wildman–Crippen LogP) is 4.01. The Morgan fingerprint density at radius 1 is 1.24 bits per heavy atom. The molecule has 4 N–H and O–H groups in total. The highest BCUT2D eigenvalue weighted by molar-refractivity contribution is 5.66. The standard InChI is InChI=1S/C18H28FN3.C2H6O/c1-18(10-3-2-4-11-18)22-12-8-14(9-13-22)21-16-7-5-6-15(19)17(16)20;1-2-3/h5-7,14,21H,2-4,8-13,20H2,1H3;3H,2H2,1H3. The van der Waals surface area contributed by atoms with Gasteiger partial charge in [0.1, 0.15) is 5.82 Å². The highest BCUT2D eigenvalue weighted by Crippen LogP contribution is 2.35. The van der Waals surface area contributed by atoms with Gasteiger partial charge in [0.15, 0.2) is 0 Å². The number of anilines is 2. The largest absolute Gasteiger partial charge is 0.397 e. The Labute approximate surface area is 151 Å². The molecule has 2 aliphatic rings. The number of piperidine rings is 1. The molecule has 5 heteroatoms. The van der Waals surface area contributed by atoms with Crippen molar-refractivity contribution in [3.8, 4) is 0 Å². The predicted molar refractivity (Wildman–Crippen MR) is 103 cm³/mol. The van der Waals surface area contributed by atoms with Gasteiger partial charge in [0, 0.05) is 31.3 Å². The molecule has 0 spiro atoms. The van der Waals surface area contributed by atoms with Crippen molar-refractivity contribution in [2.75, 3.05) is 30.7 Å². The van der Waals surface area contributed by atoms with Crippen LogP contribution in [0.25, 0.3) is 0 Å². The van der Waals surface area contributed by atoms with Crippen LogP contribution in [0.3, 0.4) is 0 Å². The van der Waals surface area contributed by atoms with Crippen LogP contribution < -0.4 is 11.1 Å². The average Bonchev–Trinajstić information content (AvgIpc) is 2.61. The summed E-state index contributed by atoms with van der Waals surface area (Å²) in [4.78, 5) is 2.68. The smallest absolute Gasteiger partial charge is 0.148 e. The molecule has 1 aromatic carbocycles. The fourth-order valence-electron chi connectivity index (χ4n) is 4.08. The number of benzene rings is 1. The van der Waals surface area contributed by atoms with Crippen LogP contribution in [0.1, 0.15) is 58.8 Å². The first kappa shape index (κ1) is 20.0. The molecule has 1 saturated heterocycles. The van der Waals surface area contributed by atoms with Gasteiger partial charge in [0.2, 0.25) is 0 Å². The molecule has 3 rings (SSSR count). The second kappa shape index (κ2) is 9.39. The summed E-state index contributed by atoms with van der Waals surface area (Å²) in [6, 6.07) is 5.39. The maximum Gasteiger partial charge on any atom is 0.148 e. The van der Waals surface area contributed by atoms with E-state index in [9.17, 15) is 4.39 Å². The maximum atomic E-state index is 13.5. The molecule has 0 atom stereocenters. The van der Waals surface area contributed by atoms with Gasteiger partial charge < -0.3 is 16.2 Å². The topological polar surface area (TPSA) is 61.5 Å². The second-order valence-electron chi connectivity index (χ2n) is 7.48. The molecule has 1 aromatic rings. The summed E-state index contributed by atoms with van der Waals surface area (Å²) in [5, 5.41) is 11.0. The van der Waals surface area contributed by atoms with E-state index in [0.717, 1.165) is 31.6 Å². The molecular formula is C20H34FN3O. The molecule has 4 nitrogen and oxygen atoms in total. The van der Waals surface area contributed by atoms with E-state index in [4.69, 9.17) is 10.8 Å². The summed E-state index contributed by atoms with van der Waals surface area (Å²) in [6.45, 7) is 6.62. The van der Waals surface area contributed by atoms with Gasteiger partial charge in [-0.25, -0.2) is 4.39 Å². The van der Waals surface area contributed by atoms with E-state index in [1.54, 1.807) is 13.0 Å². The zero-order valence-electron chi connectivity index (χ0n) is 15.7. The van der Waals surface area contributed by atoms with Crippen LogP contribution in [0.4, 0.5) is 15.8 Å². The molecule has 142 valence electrons. The Balaban J connectivity index is 0.000000701. The number of aliphatic hydroxyl groups is 1. The Morgan fingerprint density at radius 2 is 1.84 bits per heavy atom. The van der Waals surface area contributed by atoms with Gasteiger partial charge >= 0.3 is 0 Å². The quantitative estimate of drug-likeness (QED) is 0.720. The summed E-state index contributed by atoms with van der Waals surface area (Å²) >= 11 is 0. The van der Waals surface area contributed by atoms with Gasteiger partial charge in [0.25, 0.3) is 0 Å². The van der Waals surface area contributed by atoms with E-state index in [1.165, 1.54) is 38.2 Å². The van der Waals surface area contributed by atoms with Gasteiger partial charge in [-0.1, -0.05) is 25.3 Å². The van der Waals surface area contributed by atoms with Crippen molar-refractivity contribution in [1.82, 2.24) is 4.90 Å². The van der Waals surface area contributed by atoms with Gasteiger partial charge in [-0.05, 0) is 51.7 Å². The van der Waals surface area contributed by atoms with Crippen molar-refractivity contribution in [2.45, 2.75) is 70.4 Å². The number of aliphatic hydroxyl groups excluding tert-OH is 1. The van der Waals surface area contributed by atoms with Gasteiger partial charge in [-0.3, -0.25) is 4.90 Å². The highest BCUT2D eigenvalue weighted by atomic mass is 19.1. The van der Waals surface area contributed by atoms with Crippen LogP contribution in [0.15, 0.2) is 18.2 Å². The lowest BCUT2D eigenvalue weighted by Gasteiger charge is -2.47. The fourth-order valence-corrected chi connectivity index (χ4v) is 4.08. The molecule has 0 radical (unpaired) electrons. The van der Waals surface area contributed by atoms with E-state index in [-0.39, 0.29) is 18.1 Å². The Bertz CT molecular complexity index is 524.